The van der Waals surface area contributed by atoms with Crippen LogP contribution in [-0.2, 0) is 14.8 Å². The first-order valence-corrected chi connectivity index (χ1v) is 10.1. The second kappa shape index (κ2) is 7.79. The monoisotopic (exact) mass is 387 g/mol. The van der Waals surface area contributed by atoms with Crippen LogP contribution in [0, 0.1) is 5.92 Å². The van der Waals surface area contributed by atoms with Gasteiger partial charge in [-0.2, -0.15) is 0 Å². The summed E-state index contributed by atoms with van der Waals surface area (Å²) in [6, 6.07) is 14.5. The number of nitrogens with two attached hydrogens (primary N) is 1. The summed E-state index contributed by atoms with van der Waals surface area (Å²) in [5.74, 6) is -0.812. The fourth-order valence-corrected chi connectivity index (χ4v) is 4.17. The molecule has 7 nitrogen and oxygen atoms in total. The van der Waals surface area contributed by atoms with Crippen molar-refractivity contribution in [1.82, 2.24) is 4.90 Å². The third-order valence-electron chi connectivity index (χ3n) is 4.60. The van der Waals surface area contributed by atoms with Crippen molar-refractivity contribution in [2.45, 2.75) is 17.7 Å². The van der Waals surface area contributed by atoms with E-state index in [0.29, 0.717) is 37.2 Å². The van der Waals surface area contributed by atoms with E-state index in [-0.39, 0.29) is 22.6 Å². The minimum atomic E-state index is -3.80. The van der Waals surface area contributed by atoms with E-state index < -0.39 is 10.0 Å². The molecule has 1 saturated heterocycles. The number of anilines is 1. The van der Waals surface area contributed by atoms with Crippen molar-refractivity contribution in [1.29, 1.82) is 0 Å². The van der Waals surface area contributed by atoms with Gasteiger partial charge in [0.25, 0.3) is 15.9 Å². The number of amides is 2. The third kappa shape index (κ3) is 4.46. The minimum absolute atomic E-state index is 0.0178. The number of para-hydroxylation sites is 1. The largest absolute Gasteiger partial charge is 0.369 e. The number of carbonyl (C=O) groups excluding carboxylic acids is 2. The van der Waals surface area contributed by atoms with Crippen LogP contribution in [0.3, 0.4) is 0 Å². The van der Waals surface area contributed by atoms with Crippen molar-refractivity contribution in [3.63, 3.8) is 0 Å². The summed E-state index contributed by atoms with van der Waals surface area (Å²) in [6.45, 7) is 0.845. The summed E-state index contributed by atoms with van der Waals surface area (Å²) in [5, 5.41) is 0. The molecule has 0 bridgehead atoms. The molecule has 3 rings (SSSR count). The van der Waals surface area contributed by atoms with Gasteiger partial charge in [0.15, 0.2) is 0 Å². The average molecular weight is 387 g/mol. The lowest BCUT2D eigenvalue weighted by molar-refractivity contribution is -0.123. The summed E-state index contributed by atoms with van der Waals surface area (Å²) < 4.78 is 27.7. The highest BCUT2D eigenvalue weighted by molar-refractivity contribution is 7.92. The molecule has 1 aliphatic rings. The molecule has 1 aliphatic heterocycles. The van der Waals surface area contributed by atoms with Gasteiger partial charge in [-0.15, -0.1) is 0 Å². The molecule has 0 aromatic heterocycles. The zero-order valence-electron chi connectivity index (χ0n) is 14.7. The fraction of sp³-hybridized carbons (Fsp3) is 0.263. The maximum Gasteiger partial charge on any atom is 0.261 e. The van der Waals surface area contributed by atoms with Crippen molar-refractivity contribution < 1.29 is 18.0 Å². The van der Waals surface area contributed by atoms with E-state index in [9.17, 15) is 18.0 Å². The molecule has 0 radical (unpaired) electrons. The zero-order chi connectivity index (χ0) is 19.4. The van der Waals surface area contributed by atoms with Crippen LogP contribution in [0.2, 0.25) is 0 Å². The molecule has 8 heteroatoms. The van der Waals surface area contributed by atoms with Gasteiger partial charge in [0.05, 0.1) is 4.90 Å². The molecule has 2 amide bonds. The normalized spacial score (nSPS) is 15.3. The van der Waals surface area contributed by atoms with E-state index in [2.05, 4.69) is 4.72 Å². The second-order valence-electron chi connectivity index (χ2n) is 6.47. The number of likely N-dealkylation sites (tertiary alicyclic amines) is 1. The topological polar surface area (TPSA) is 110 Å². The number of benzene rings is 2. The number of nitrogens with zero attached hydrogens (tertiary/aromatic N) is 1. The minimum Gasteiger partial charge on any atom is -0.369 e. The summed E-state index contributed by atoms with van der Waals surface area (Å²) in [5.41, 5.74) is 6.06. The van der Waals surface area contributed by atoms with Crippen LogP contribution in [0.1, 0.15) is 23.2 Å². The quantitative estimate of drug-likeness (QED) is 0.815. The lowest BCUT2D eigenvalue weighted by Crippen LogP contribution is -2.41. The number of carbonyl (C=O) groups is 2. The fourth-order valence-electron chi connectivity index (χ4n) is 3.07. The van der Waals surface area contributed by atoms with Crippen LogP contribution in [-0.4, -0.2) is 38.2 Å². The second-order valence-corrected chi connectivity index (χ2v) is 8.15. The Hall–Kier alpha value is -2.87. The van der Waals surface area contributed by atoms with Crippen molar-refractivity contribution in [2.75, 3.05) is 17.8 Å². The molecule has 2 aromatic carbocycles. The summed E-state index contributed by atoms with van der Waals surface area (Å²) in [6.07, 6.45) is 1.04. The number of primary amides is 1. The maximum absolute atomic E-state index is 12.7. The molecule has 1 fully saturated rings. The summed E-state index contributed by atoms with van der Waals surface area (Å²) in [4.78, 5) is 25.6. The highest BCUT2D eigenvalue weighted by atomic mass is 32.2. The van der Waals surface area contributed by atoms with Crippen LogP contribution in [0.25, 0.3) is 0 Å². The number of piperidine rings is 1. The van der Waals surface area contributed by atoms with E-state index in [1.807, 2.05) is 0 Å². The van der Waals surface area contributed by atoms with Crippen molar-refractivity contribution in [3.8, 4) is 0 Å². The van der Waals surface area contributed by atoms with E-state index in [0.717, 1.165) is 0 Å². The van der Waals surface area contributed by atoms with Gasteiger partial charge in [0, 0.05) is 30.3 Å². The molecular formula is C19H21N3O4S. The van der Waals surface area contributed by atoms with Crippen LogP contribution in [0.5, 0.6) is 0 Å². The van der Waals surface area contributed by atoms with Crippen molar-refractivity contribution >= 4 is 27.5 Å². The maximum atomic E-state index is 12.7. The van der Waals surface area contributed by atoms with Gasteiger partial charge in [-0.3, -0.25) is 14.3 Å². The van der Waals surface area contributed by atoms with Gasteiger partial charge < -0.3 is 10.6 Å². The van der Waals surface area contributed by atoms with Gasteiger partial charge in [-0.25, -0.2) is 8.42 Å². The van der Waals surface area contributed by atoms with Crippen LogP contribution >= 0.6 is 0 Å². The Bertz CT molecular complexity index is 936. The van der Waals surface area contributed by atoms with Gasteiger partial charge in [0.1, 0.15) is 0 Å². The predicted molar refractivity (Wildman–Crippen MR) is 102 cm³/mol. The lowest BCUT2D eigenvalue weighted by Gasteiger charge is -2.30. The van der Waals surface area contributed by atoms with Gasteiger partial charge in [0.2, 0.25) is 5.91 Å². The van der Waals surface area contributed by atoms with Gasteiger partial charge in [-0.1, -0.05) is 24.3 Å². The number of sulfonamides is 1. The average Bonchev–Trinajstić information content (AvgIpc) is 2.68. The number of nitrogens with one attached hydrogen (secondary N) is 1. The molecule has 142 valence electrons. The van der Waals surface area contributed by atoms with E-state index in [1.54, 1.807) is 47.4 Å². The smallest absolute Gasteiger partial charge is 0.261 e. The van der Waals surface area contributed by atoms with E-state index >= 15 is 0 Å². The van der Waals surface area contributed by atoms with Crippen LogP contribution in [0.4, 0.5) is 5.69 Å². The Kier molecular flexibility index (Phi) is 5.46. The highest BCUT2D eigenvalue weighted by Gasteiger charge is 2.27. The lowest BCUT2D eigenvalue weighted by atomic mass is 9.96. The molecule has 0 unspecified atom stereocenters. The molecule has 0 atom stereocenters. The molecule has 2 aromatic rings. The first-order chi connectivity index (χ1) is 12.9. The van der Waals surface area contributed by atoms with Crippen LogP contribution in [0.15, 0.2) is 59.5 Å². The highest BCUT2D eigenvalue weighted by Crippen LogP contribution is 2.21. The summed E-state index contributed by atoms with van der Waals surface area (Å²) >= 11 is 0. The van der Waals surface area contributed by atoms with E-state index in [4.69, 9.17) is 5.73 Å². The first kappa shape index (κ1) is 18.9. The zero-order valence-corrected chi connectivity index (χ0v) is 15.5. The van der Waals surface area contributed by atoms with Gasteiger partial charge in [-0.05, 0) is 43.2 Å². The number of rotatable bonds is 5. The molecule has 3 N–H and O–H groups in total. The van der Waals surface area contributed by atoms with Crippen molar-refractivity contribution in [2.24, 2.45) is 11.7 Å². The van der Waals surface area contributed by atoms with Gasteiger partial charge >= 0.3 is 0 Å². The Morgan fingerprint density at radius 3 is 2.30 bits per heavy atom. The van der Waals surface area contributed by atoms with Crippen molar-refractivity contribution in [3.05, 3.63) is 60.2 Å². The van der Waals surface area contributed by atoms with E-state index in [1.165, 1.54) is 12.1 Å². The SMILES string of the molecule is NC(=O)C1CCN(C(=O)c2cccc(S(=O)(=O)Nc3ccccc3)c2)CC1. The molecule has 0 spiro atoms. The Balaban J connectivity index is 1.75. The third-order valence-corrected chi connectivity index (χ3v) is 5.98. The van der Waals surface area contributed by atoms with Crippen LogP contribution < -0.4 is 10.5 Å². The molecule has 1 heterocycles. The Morgan fingerprint density at radius 2 is 1.67 bits per heavy atom. The summed E-state index contributed by atoms with van der Waals surface area (Å²) in [7, 11) is -3.80. The first-order valence-electron chi connectivity index (χ1n) is 8.63. The molecule has 27 heavy (non-hydrogen) atoms. The Labute approximate surface area is 158 Å². The molecular weight excluding hydrogens is 366 g/mol. The predicted octanol–water partition coefficient (Wildman–Crippen LogP) is 1.82. The Morgan fingerprint density at radius 1 is 1.00 bits per heavy atom. The number of hydrogen-bond donors (Lipinski definition) is 2. The standard InChI is InChI=1S/C19H21N3O4S/c20-18(23)14-9-11-22(12-10-14)19(24)15-5-4-8-17(13-15)27(25,26)21-16-6-2-1-3-7-16/h1-8,13-14,21H,9-12H2,(H2,20,23). The molecule has 0 saturated carbocycles. The molecule has 0 aliphatic carbocycles. The number of hydrogen-bond acceptors (Lipinski definition) is 4.